The molecule has 0 bridgehead atoms. The van der Waals surface area contributed by atoms with Crippen LogP contribution < -0.4 is 0 Å². The van der Waals surface area contributed by atoms with E-state index in [1.165, 1.54) is 12.8 Å². The molecule has 0 amide bonds. The zero-order valence-corrected chi connectivity index (χ0v) is 27.0. The fourth-order valence-electron chi connectivity index (χ4n) is 13.4. The molecule has 41 heavy (non-hydrogen) atoms. The molecule has 5 aliphatic carbocycles. The second-order valence-corrected chi connectivity index (χ2v) is 17.5. The summed E-state index contributed by atoms with van der Waals surface area (Å²) in [4.78, 5) is 0. The molecule has 0 heterocycles. The van der Waals surface area contributed by atoms with Crippen molar-refractivity contribution in [1.82, 2.24) is 0 Å². The number of aliphatic hydroxyl groups excluding tert-OH is 6. The predicted molar refractivity (Wildman–Crippen MR) is 161 cm³/mol. The van der Waals surface area contributed by atoms with E-state index in [2.05, 4.69) is 48.5 Å². The Bertz CT molecular complexity index is 955. The molecule has 0 aromatic rings. The van der Waals surface area contributed by atoms with Crippen molar-refractivity contribution in [2.75, 3.05) is 6.61 Å². The van der Waals surface area contributed by atoms with Crippen molar-refractivity contribution in [3.63, 3.8) is 0 Å². The van der Waals surface area contributed by atoms with Crippen molar-refractivity contribution >= 4 is 0 Å². The van der Waals surface area contributed by atoms with Crippen LogP contribution in [0.4, 0.5) is 0 Å². The molecule has 0 unspecified atom stereocenters. The van der Waals surface area contributed by atoms with Gasteiger partial charge < -0.3 is 30.6 Å². The van der Waals surface area contributed by atoms with Gasteiger partial charge in [-0.15, -0.1) is 0 Å². The van der Waals surface area contributed by atoms with Gasteiger partial charge in [-0.25, -0.2) is 0 Å². The Hall–Kier alpha value is -0.240. The van der Waals surface area contributed by atoms with Gasteiger partial charge in [-0.05, 0) is 127 Å². The van der Waals surface area contributed by atoms with E-state index in [1.54, 1.807) is 0 Å². The minimum atomic E-state index is -1.32. The molecule has 6 nitrogen and oxygen atoms in total. The third-order valence-electron chi connectivity index (χ3n) is 15.2. The van der Waals surface area contributed by atoms with Crippen LogP contribution in [-0.4, -0.2) is 67.8 Å². The van der Waals surface area contributed by atoms with Crippen LogP contribution in [0.3, 0.4) is 0 Å². The second kappa shape index (κ2) is 10.7. The van der Waals surface area contributed by atoms with Gasteiger partial charge in [0.1, 0.15) is 12.2 Å². The molecule has 5 saturated carbocycles. The van der Waals surface area contributed by atoms with E-state index in [0.717, 1.165) is 51.4 Å². The van der Waals surface area contributed by atoms with E-state index < -0.39 is 24.9 Å². The van der Waals surface area contributed by atoms with E-state index in [-0.39, 0.29) is 51.1 Å². The summed E-state index contributed by atoms with van der Waals surface area (Å²) in [5.74, 6) is 2.35. The molecule has 6 N–H and O–H groups in total. The Balaban J connectivity index is 1.38. The maximum atomic E-state index is 12.2. The van der Waals surface area contributed by atoms with Crippen molar-refractivity contribution in [3.8, 4) is 0 Å². The van der Waals surface area contributed by atoms with Gasteiger partial charge in [-0.1, -0.05) is 54.9 Å². The van der Waals surface area contributed by atoms with Gasteiger partial charge >= 0.3 is 0 Å². The van der Waals surface area contributed by atoms with Crippen LogP contribution in [0.1, 0.15) is 119 Å². The minimum Gasteiger partial charge on any atom is -0.394 e. The average Bonchev–Trinajstić information content (AvgIpc) is 3.23. The molecular formula is C35H62O6. The first kappa shape index (κ1) is 32.2. The summed E-state index contributed by atoms with van der Waals surface area (Å²) in [5.41, 5.74) is 0.127. The van der Waals surface area contributed by atoms with E-state index >= 15 is 0 Å². The molecular weight excluding hydrogens is 516 g/mol. The standard InChI is InChI=1S/C35H62O6/c1-20(9-10-23(37)28(41)26(40)19-36)21-11-15-32(4)22(21)12-16-34(6)27(32)17-24(38)30-33(5)14-8-13-31(2,3)29(33)25(39)18-35(30,34)7/h20-30,36-41H,8-19H2,1-7H3/t20-,21-,22+,23-,24-,25+,26+,27-,28-,29+,30-,32+,33+,34-,35-/m1/s1. The Kier molecular flexibility index (Phi) is 8.38. The molecule has 0 aromatic carbocycles. The van der Waals surface area contributed by atoms with Gasteiger partial charge in [0.25, 0.3) is 0 Å². The summed E-state index contributed by atoms with van der Waals surface area (Å²) >= 11 is 0. The van der Waals surface area contributed by atoms with E-state index in [4.69, 9.17) is 5.11 Å². The van der Waals surface area contributed by atoms with Crippen LogP contribution in [0.15, 0.2) is 0 Å². The van der Waals surface area contributed by atoms with E-state index in [0.29, 0.717) is 30.1 Å². The number of aliphatic hydroxyl groups is 6. The molecule has 0 saturated heterocycles. The second-order valence-electron chi connectivity index (χ2n) is 17.5. The fraction of sp³-hybridized carbons (Fsp3) is 1.00. The van der Waals surface area contributed by atoms with Gasteiger partial charge in [-0.2, -0.15) is 0 Å². The Morgan fingerprint density at radius 3 is 2.07 bits per heavy atom. The van der Waals surface area contributed by atoms with E-state index in [1.807, 2.05) is 0 Å². The molecule has 0 spiro atoms. The highest BCUT2D eigenvalue weighted by molar-refractivity contribution is 5.22. The lowest BCUT2D eigenvalue weighted by atomic mass is 9.31. The van der Waals surface area contributed by atoms with Gasteiger partial charge in [0.05, 0.1) is 24.9 Å². The fourth-order valence-corrected chi connectivity index (χ4v) is 13.4. The topological polar surface area (TPSA) is 121 Å². The molecule has 15 atom stereocenters. The van der Waals surface area contributed by atoms with Crippen LogP contribution in [0.25, 0.3) is 0 Å². The SMILES string of the molecule is C[C@H](CC[C@@H](O)[C@@H](O)[C@@H](O)CO)[C@H]1CC[C@]2(C)[C@H]3C[C@@H](O)[C@@H]4[C@@]5(C)CCCC(C)(C)[C@@H]5[C@@H](O)C[C@@]4(C)[C@]3(C)CC[C@@H]12. The van der Waals surface area contributed by atoms with Gasteiger partial charge in [0.15, 0.2) is 0 Å². The molecule has 6 heteroatoms. The van der Waals surface area contributed by atoms with Crippen LogP contribution >= 0.6 is 0 Å². The first-order valence-corrected chi connectivity index (χ1v) is 17.0. The van der Waals surface area contributed by atoms with Gasteiger partial charge in [-0.3, -0.25) is 0 Å². The lowest BCUT2D eigenvalue weighted by Crippen LogP contribution is -2.71. The normalized spacial score (nSPS) is 51.9. The van der Waals surface area contributed by atoms with Crippen LogP contribution in [0.5, 0.6) is 0 Å². The lowest BCUT2D eigenvalue weighted by Gasteiger charge is -2.74. The number of fused-ring (bicyclic) bond motifs is 7. The maximum Gasteiger partial charge on any atom is 0.108 e. The summed E-state index contributed by atoms with van der Waals surface area (Å²) in [7, 11) is 0. The first-order valence-electron chi connectivity index (χ1n) is 17.0. The summed E-state index contributed by atoms with van der Waals surface area (Å²) in [6, 6.07) is 0. The minimum absolute atomic E-state index is 0.0545. The zero-order chi connectivity index (χ0) is 30.3. The highest BCUT2D eigenvalue weighted by Gasteiger charge is 2.73. The number of rotatable bonds is 7. The predicted octanol–water partition coefficient (Wildman–Crippen LogP) is 4.91. The van der Waals surface area contributed by atoms with Crippen molar-refractivity contribution in [2.24, 2.45) is 62.6 Å². The molecule has 5 fully saturated rings. The number of hydrogen-bond donors (Lipinski definition) is 6. The summed E-state index contributed by atoms with van der Waals surface area (Å²) in [6.45, 7) is 16.3. The first-order chi connectivity index (χ1) is 19.0. The maximum absolute atomic E-state index is 12.2. The third kappa shape index (κ3) is 4.62. The van der Waals surface area contributed by atoms with Crippen molar-refractivity contribution in [1.29, 1.82) is 0 Å². The van der Waals surface area contributed by atoms with Crippen LogP contribution in [0.2, 0.25) is 0 Å². The highest BCUT2D eigenvalue weighted by atomic mass is 16.4. The Morgan fingerprint density at radius 1 is 0.732 bits per heavy atom. The molecule has 0 radical (unpaired) electrons. The molecule has 5 rings (SSSR count). The number of hydrogen-bond acceptors (Lipinski definition) is 6. The monoisotopic (exact) mass is 578 g/mol. The van der Waals surface area contributed by atoms with Crippen molar-refractivity contribution < 1.29 is 30.6 Å². The van der Waals surface area contributed by atoms with Gasteiger partial charge in [0, 0.05) is 0 Å². The summed E-state index contributed by atoms with van der Waals surface area (Å²) < 4.78 is 0. The third-order valence-corrected chi connectivity index (χ3v) is 15.2. The largest absolute Gasteiger partial charge is 0.394 e. The molecule has 238 valence electrons. The quantitative estimate of drug-likeness (QED) is 0.255. The summed E-state index contributed by atoms with van der Waals surface area (Å²) in [6.07, 6.45) is 6.56. The van der Waals surface area contributed by atoms with Gasteiger partial charge in [0.2, 0.25) is 0 Å². The van der Waals surface area contributed by atoms with Crippen LogP contribution in [-0.2, 0) is 0 Å². The highest BCUT2D eigenvalue weighted by Crippen LogP contribution is 2.78. The Morgan fingerprint density at radius 2 is 1.41 bits per heavy atom. The lowest BCUT2D eigenvalue weighted by molar-refractivity contribution is -0.294. The Labute approximate surface area is 249 Å². The van der Waals surface area contributed by atoms with Crippen molar-refractivity contribution in [3.05, 3.63) is 0 Å². The molecule has 0 aromatic heterocycles. The smallest absolute Gasteiger partial charge is 0.108 e. The zero-order valence-electron chi connectivity index (χ0n) is 27.0. The molecule has 5 aliphatic rings. The van der Waals surface area contributed by atoms with Crippen molar-refractivity contribution in [2.45, 2.75) is 150 Å². The van der Waals surface area contributed by atoms with Crippen LogP contribution in [0, 0.1) is 62.6 Å². The van der Waals surface area contributed by atoms with E-state index in [9.17, 15) is 25.5 Å². The summed E-state index contributed by atoms with van der Waals surface area (Å²) in [5, 5.41) is 63.6. The molecule has 0 aliphatic heterocycles. The average molecular weight is 579 g/mol.